The van der Waals surface area contributed by atoms with Crippen LogP contribution in [0, 0.1) is 17.7 Å². The van der Waals surface area contributed by atoms with E-state index >= 15 is 4.39 Å². The van der Waals surface area contributed by atoms with E-state index in [0.717, 1.165) is 37.9 Å². The highest BCUT2D eigenvalue weighted by atomic mass is 19.1. The normalized spacial score (nSPS) is 30.7. The van der Waals surface area contributed by atoms with Crippen molar-refractivity contribution in [2.45, 2.75) is 56.5 Å². The Morgan fingerprint density at radius 2 is 2.09 bits per heavy atom. The second-order valence-corrected chi connectivity index (χ2v) is 10.0. The summed E-state index contributed by atoms with van der Waals surface area (Å²) in [4.78, 5) is 29.0. The molecule has 1 unspecified atom stereocenters. The number of anilines is 1. The number of nitrogens with one attached hydrogen (secondary N) is 1. The van der Waals surface area contributed by atoms with Gasteiger partial charge in [-0.2, -0.15) is 0 Å². The molecule has 0 bridgehead atoms. The van der Waals surface area contributed by atoms with E-state index in [0.29, 0.717) is 29.7 Å². The molecule has 0 aromatic heterocycles. The number of ether oxygens (including phenoxy) is 3. The number of methoxy groups -OCH3 is 3. The molecule has 3 aliphatic heterocycles. The van der Waals surface area contributed by atoms with Gasteiger partial charge >= 0.3 is 5.97 Å². The van der Waals surface area contributed by atoms with Gasteiger partial charge in [0.1, 0.15) is 17.1 Å². The van der Waals surface area contributed by atoms with E-state index in [9.17, 15) is 9.59 Å². The highest BCUT2D eigenvalue weighted by Gasteiger charge is 2.60. The topological polar surface area (TPSA) is 77.1 Å². The molecule has 2 saturated heterocycles. The average Bonchev–Trinajstić information content (AvgIpc) is 3.58. The summed E-state index contributed by atoms with van der Waals surface area (Å²) in [5.41, 5.74) is 0.943. The number of nitrogens with zero attached hydrogens (tertiary/aromatic N) is 1. The molecule has 0 amide bonds. The Kier molecular flexibility index (Phi) is 5.82. The molecular formula is C26H33FN2O5. The maximum Gasteiger partial charge on any atom is 0.337 e. The molecular weight excluding hydrogens is 439 g/mol. The number of esters is 1. The van der Waals surface area contributed by atoms with Crippen LogP contribution in [0.25, 0.3) is 0 Å². The predicted molar refractivity (Wildman–Crippen MR) is 125 cm³/mol. The van der Waals surface area contributed by atoms with Crippen LogP contribution in [-0.4, -0.2) is 62.7 Å². The van der Waals surface area contributed by atoms with E-state index in [1.54, 1.807) is 7.11 Å². The first kappa shape index (κ1) is 23.1. The van der Waals surface area contributed by atoms with Crippen molar-refractivity contribution >= 4 is 17.4 Å². The molecule has 4 atom stereocenters. The number of ketones is 1. The van der Waals surface area contributed by atoms with Gasteiger partial charge in [-0.15, -0.1) is 0 Å². The van der Waals surface area contributed by atoms with E-state index in [2.05, 4.69) is 17.1 Å². The van der Waals surface area contributed by atoms with Gasteiger partial charge in [0.2, 0.25) is 0 Å². The zero-order chi connectivity index (χ0) is 24.2. The maximum atomic E-state index is 15.3. The van der Waals surface area contributed by atoms with Crippen LogP contribution in [0.2, 0.25) is 0 Å². The van der Waals surface area contributed by atoms with E-state index < -0.39 is 17.3 Å². The summed E-state index contributed by atoms with van der Waals surface area (Å²) < 4.78 is 31.3. The summed E-state index contributed by atoms with van der Waals surface area (Å²) in [6.07, 6.45) is 5.49. The van der Waals surface area contributed by atoms with E-state index in [-0.39, 0.29) is 35.3 Å². The molecule has 7 nitrogen and oxygen atoms in total. The summed E-state index contributed by atoms with van der Waals surface area (Å²) >= 11 is 0. The van der Waals surface area contributed by atoms with Crippen molar-refractivity contribution < 1.29 is 28.2 Å². The lowest BCUT2D eigenvalue weighted by Crippen LogP contribution is -2.57. The van der Waals surface area contributed by atoms with Crippen LogP contribution in [0.4, 0.5) is 10.1 Å². The minimum absolute atomic E-state index is 0.0997. The first-order chi connectivity index (χ1) is 16.4. The van der Waals surface area contributed by atoms with Crippen molar-refractivity contribution in [2.75, 3.05) is 39.7 Å². The number of benzene rings is 1. The van der Waals surface area contributed by atoms with Crippen LogP contribution in [0.5, 0.6) is 5.75 Å². The number of carbonyl (C=O) groups is 2. The molecule has 1 saturated carbocycles. The highest BCUT2D eigenvalue weighted by Crippen LogP contribution is 2.54. The Hall–Kier alpha value is -2.61. The maximum absolute atomic E-state index is 15.3. The van der Waals surface area contributed by atoms with Crippen molar-refractivity contribution in [3.8, 4) is 5.75 Å². The standard InChI is InChI=1S/C26H33FN2O5/c1-5-14-12-29-9-8-26(20(29)11-16(14)18(13-32-2)25(31)34-4)24(30)21-22(28-26)19(27)10-17(15-6-7-15)23(21)33-3/h10,13-16,20,28H,5-9,11-12H2,1-4H3/b18-13+/t14?,16-,20-,26-/m0/s1. The van der Waals surface area contributed by atoms with Gasteiger partial charge in [-0.3, -0.25) is 9.69 Å². The van der Waals surface area contributed by atoms with Crippen molar-refractivity contribution in [1.29, 1.82) is 0 Å². The third kappa shape index (κ3) is 3.33. The van der Waals surface area contributed by atoms with Gasteiger partial charge < -0.3 is 19.5 Å². The number of hydrogen-bond acceptors (Lipinski definition) is 7. The van der Waals surface area contributed by atoms with Gasteiger partial charge in [0.15, 0.2) is 5.78 Å². The van der Waals surface area contributed by atoms with Crippen LogP contribution in [0.15, 0.2) is 17.9 Å². The number of rotatable bonds is 6. The Balaban J connectivity index is 1.54. The van der Waals surface area contributed by atoms with Crippen LogP contribution in [0.3, 0.4) is 0 Å². The molecule has 3 heterocycles. The largest absolute Gasteiger partial charge is 0.504 e. The van der Waals surface area contributed by atoms with Gasteiger partial charge in [-0.25, -0.2) is 9.18 Å². The number of hydrogen-bond donors (Lipinski definition) is 1. The zero-order valence-electron chi connectivity index (χ0n) is 20.3. The predicted octanol–water partition coefficient (Wildman–Crippen LogP) is 3.88. The molecule has 8 heteroatoms. The Morgan fingerprint density at radius 1 is 1.32 bits per heavy atom. The van der Waals surface area contributed by atoms with Gasteiger partial charge in [0.25, 0.3) is 0 Å². The second-order valence-electron chi connectivity index (χ2n) is 10.0. The molecule has 3 fully saturated rings. The Bertz CT molecular complexity index is 1050. The molecule has 1 N–H and O–H groups in total. The van der Waals surface area contributed by atoms with Gasteiger partial charge in [0, 0.05) is 24.7 Å². The monoisotopic (exact) mass is 472 g/mol. The van der Waals surface area contributed by atoms with E-state index in [4.69, 9.17) is 14.2 Å². The summed E-state index contributed by atoms with van der Waals surface area (Å²) in [6.45, 7) is 3.60. The Labute approximate surface area is 199 Å². The number of halogens is 1. The SMILES string of the molecule is CCC1CN2CC[C@]3(Nc4c(F)cc(C5CC5)c(OC)c4C3=O)[C@@H]2C[C@@H]1/C(=C\OC)C(=O)OC. The lowest BCUT2D eigenvalue weighted by Gasteiger charge is -2.45. The second kappa shape index (κ2) is 8.56. The molecule has 1 aromatic carbocycles. The average molecular weight is 473 g/mol. The third-order valence-electron chi connectivity index (χ3n) is 8.37. The lowest BCUT2D eigenvalue weighted by molar-refractivity contribution is -0.137. The first-order valence-corrected chi connectivity index (χ1v) is 12.2. The summed E-state index contributed by atoms with van der Waals surface area (Å²) in [7, 11) is 4.44. The number of fused-ring (bicyclic) bond motifs is 3. The fraction of sp³-hybridized carbons (Fsp3) is 0.615. The minimum atomic E-state index is -0.941. The third-order valence-corrected chi connectivity index (χ3v) is 8.37. The zero-order valence-corrected chi connectivity index (χ0v) is 20.3. The van der Waals surface area contributed by atoms with Crippen LogP contribution in [-0.2, 0) is 14.3 Å². The van der Waals surface area contributed by atoms with E-state index in [1.165, 1.54) is 26.5 Å². The lowest BCUT2D eigenvalue weighted by atomic mass is 9.72. The molecule has 184 valence electrons. The van der Waals surface area contributed by atoms with Crippen molar-refractivity contribution in [2.24, 2.45) is 11.8 Å². The van der Waals surface area contributed by atoms with Gasteiger partial charge in [-0.1, -0.05) is 13.3 Å². The van der Waals surface area contributed by atoms with Gasteiger partial charge in [0.05, 0.1) is 44.4 Å². The molecule has 1 aliphatic carbocycles. The molecule has 34 heavy (non-hydrogen) atoms. The Morgan fingerprint density at radius 3 is 2.71 bits per heavy atom. The fourth-order valence-electron chi connectivity index (χ4n) is 6.53. The quantitative estimate of drug-likeness (QED) is 0.382. The highest BCUT2D eigenvalue weighted by molar-refractivity contribution is 6.16. The van der Waals surface area contributed by atoms with Gasteiger partial charge in [-0.05, 0) is 49.5 Å². The molecule has 5 rings (SSSR count). The smallest absolute Gasteiger partial charge is 0.337 e. The summed E-state index contributed by atoms with van der Waals surface area (Å²) in [6, 6.07) is 1.35. The molecule has 1 aromatic rings. The fourth-order valence-corrected chi connectivity index (χ4v) is 6.53. The van der Waals surface area contributed by atoms with Crippen molar-refractivity contribution in [3.05, 3.63) is 34.8 Å². The number of Topliss-reactive ketones (excluding diaryl/α,β-unsaturated/α-hetero) is 1. The van der Waals surface area contributed by atoms with Crippen molar-refractivity contribution in [1.82, 2.24) is 4.90 Å². The number of piperidine rings is 1. The molecule has 1 spiro atoms. The minimum Gasteiger partial charge on any atom is -0.504 e. The first-order valence-electron chi connectivity index (χ1n) is 12.2. The van der Waals surface area contributed by atoms with E-state index in [1.807, 2.05) is 0 Å². The van der Waals surface area contributed by atoms with Crippen LogP contribution in [0.1, 0.15) is 60.9 Å². The number of carbonyl (C=O) groups excluding carboxylic acids is 2. The van der Waals surface area contributed by atoms with Crippen LogP contribution >= 0.6 is 0 Å². The van der Waals surface area contributed by atoms with Crippen LogP contribution < -0.4 is 10.1 Å². The molecule has 4 aliphatic rings. The summed E-state index contributed by atoms with van der Waals surface area (Å²) in [5, 5.41) is 3.34. The van der Waals surface area contributed by atoms with Crippen molar-refractivity contribution in [3.63, 3.8) is 0 Å². The molecule has 0 radical (unpaired) electrons. The summed E-state index contributed by atoms with van der Waals surface area (Å²) in [5.74, 6) is -0.0433.